The second-order valence-electron chi connectivity index (χ2n) is 4.80. The lowest BCUT2D eigenvalue weighted by Gasteiger charge is -2.26. The highest BCUT2D eigenvalue weighted by Gasteiger charge is 2.20. The highest BCUT2D eigenvalue weighted by Crippen LogP contribution is 2.26. The predicted octanol–water partition coefficient (Wildman–Crippen LogP) is 2.59. The van der Waals surface area contributed by atoms with Crippen LogP contribution in [0.5, 0.6) is 0 Å². The molecule has 20 heavy (non-hydrogen) atoms. The number of rotatable bonds is 2. The number of amides is 1. The Morgan fingerprint density at radius 1 is 1.25 bits per heavy atom. The van der Waals surface area contributed by atoms with Crippen molar-refractivity contribution in [1.82, 2.24) is 9.88 Å². The van der Waals surface area contributed by atoms with Crippen LogP contribution in [0, 0.1) is 6.92 Å². The maximum Gasteiger partial charge on any atom is 0.265 e. The van der Waals surface area contributed by atoms with E-state index < -0.39 is 0 Å². The van der Waals surface area contributed by atoms with Crippen molar-refractivity contribution in [2.45, 2.75) is 6.92 Å². The molecule has 0 bridgehead atoms. The SMILES string of the molecule is Cc1ccc(-c2ncc(C(=O)N3CCOCC3)s2)cc1. The van der Waals surface area contributed by atoms with Gasteiger partial charge in [-0.3, -0.25) is 4.79 Å². The van der Waals surface area contributed by atoms with Gasteiger partial charge in [-0.25, -0.2) is 4.98 Å². The molecule has 0 unspecified atom stereocenters. The zero-order valence-electron chi connectivity index (χ0n) is 11.3. The Kier molecular flexibility index (Phi) is 3.80. The van der Waals surface area contributed by atoms with E-state index in [1.54, 1.807) is 6.20 Å². The Morgan fingerprint density at radius 3 is 2.65 bits per heavy atom. The van der Waals surface area contributed by atoms with Crippen LogP contribution in [-0.4, -0.2) is 42.1 Å². The number of morpholine rings is 1. The van der Waals surface area contributed by atoms with Gasteiger partial charge in [0.2, 0.25) is 0 Å². The third kappa shape index (κ3) is 2.73. The van der Waals surface area contributed by atoms with Gasteiger partial charge in [0.05, 0.1) is 19.4 Å². The molecule has 2 aromatic rings. The molecular weight excluding hydrogens is 272 g/mol. The molecule has 1 amide bonds. The molecule has 5 heteroatoms. The summed E-state index contributed by atoms with van der Waals surface area (Å²) in [5, 5.41) is 0.890. The number of ether oxygens (including phenoxy) is 1. The molecule has 0 saturated carbocycles. The summed E-state index contributed by atoms with van der Waals surface area (Å²) in [4.78, 5) is 19.2. The van der Waals surface area contributed by atoms with Crippen LogP contribution >= 0.6 is 11.3 Å². The molecule has 1 aromatic heterocycles. The minimum atomic E-state index is 0.0594. The van der Waals surface area contributed by atoms with Gasteiger partial charge in [-0.2, -0.15) is 0 Å². The molecule has 4 nitrogen and oxygen atoms in total. The Labute approximate surface area is 122 Å². The van der Waals surface area contributed by atoms with Gasteiger partial charge in [0.15, 0.2) is 0 Å². The molecule has 1 fully saturated rings. The van der Waals surface area contributed by atoms with Gasteiger partial charge in [0.25, 0.3) is 5.91 Å². The van der Waals surface area contributed by atoms with E-state index in [2.05, 4.69) is 24.0 Å². The molecule has 1 aromatic carbocycles. The van der Waals surface area contributed by atoms with Crippen molar-refractivity contribution < 1.29 is 9.53 Å². The summed E-state index contributed by atoms with van der Waals surface area (Å²) < 4.78 is 5.27. The monoisotopic (exact) mass is 288 g/mol. The van der Waals surface area contributed by atoms with Crippen LogP contribution in [0.25, 0.3) is 10.6 Å². The van der Waals surface area contributed by atoms with Gasteiger partial charge in [0, 0.05) is 18.7 Å². The summed E-state index contributed by atoms with van der Waals surface area (Å²) >= 11 is 1.45. The number of hydrogen-bond donors (Lipinski definition) is 0. The fraction of sp³-hybridized carbons (Fsp3) is 0.333. The lowest BCUT2D eigenvalue weighted by molar-refractivity contribution is 0.0306. The summed E-state index contributed by atoms with van der Waals surface area (Å²) in [5.41, 5.74) is 2.27. The molecule has 0 radical (unpaired) electrons. The third-order valence-corrected chi connectivity index (χ3v) is 4.35. The molecule has 2 heterocycles. The molecule has 1 saturated heterocycles. The average molecular weight is 288 g/mol. The van der Waals surface area contributed by atoms with E-state index in [1.165, 1.54) is 16.9 Å². The lowest BCUT2D eigenvalue weighted by atomic mass is 10.2. The van der Waals surface area contributed by atoms with Crippen LogP contribution in [0.3, 0.4) is 0 Å². The first kappa shape index (κ1) is 13.3. The van der Waals surface area contributed by atoms with Crippen LogP contribution in [0.4, 0.5) is 0 Å². The highest BCUT2D eigenvalue weighted by molar-refractivity contribution is 7.16. The molecule has 0 atom stereocenters. The Morgan fingerprint density at radius 2 is 1.95 bits per heavy atom. The Balaban J connectivity index is 1.79. The zero-order chi connectivity index (χ0) is 13.9. The highest BCUT2D eigenvalue weighted by atomic mass is 32.1. The fourth-order valence-corrected chi connectivity index (χ4v) is 3.01. The van der Waals surface area contributed by atoms with Gasteiger partial charge in [-0.1, -0.05) is 29.8 Å². The first-order valence-corrected chi connectivity index (χ1v) is 7.45. The van der Waals surface area contributed by atoms with Crippen molar-refractivity contribution in [2.24, 2.45) is 0 Å². The molecule has 3 rings (SSSR count). The smallest absolute Gasteiger partial charge is 0.265 e. The topological polar surface area (TPSA) is 42.4 Å². The Bertz CT molecular complexity index is 601. The van der Waals surface area contributed by atoms with Crippen molar-refractivity contribution >= 4 is 17.2 Å². The molecule has 1 aliphatic heterocycles. The molecule has 0 aliphatic carbocycles. The van der Waals surface area contributed by atoms with Crippen molar-refractivity contribution in [2.75, 3.05) is 26.3 Å². The number of carbonyl (C=O) groups is 1. The quantitative estimate of drug-likeness (QED) is 0.853. The van der Waals surface area contributed by atoms with E-state index in [4.69, 9.17) is 4.74 Å². The molecular formula is C15H16N2O2S. The maximum atomic E-state index is 12.3. The minimum absolute atomic E-state index is 0.0594. The predicted molar refractivity (Wildman–Crippen MR) is 79.0 cm³/mol. The van der Waals surface area contributed by atoms with E-state index in [0.29, 0.717) is 31.2 Å². The van der Waals surface area contributed by atoms with E-state index in [1.807, 2.05) is 17.0 Å². The fourth-order valence-electron chi connectivity index (χ4n) is 2.12. The average Bonchev–Trinajstić information content (AvgIpc) is 2.98. The molecule has 104 valence electrons. The van der Waals surface area contributed by atoms with Crippen molar-refractivity contribution in [3.8, 4) is 10.6 Å². The summed E-state index contributed by atoms with van der Waals surface area (Å²) in [6.07, 6.45) is 1.68. The number of carbonyl (C=O) groups excluding carboxylic acids is 1. The largest absolute Gasteiger partial charge is 0.378 e. The van der Waals surface area contributed by atoms with Gasteiger partial charge in [-0.05, 0) is 6.92 Å². The van der Waals surface area contributed by atoms with Crippen LogP contribution in [0.15, 0.2) is 30.5 Å². The lowest BCUT2D eigenvalue weighted by Crippen LogP contribution is -2.40. The minimum Gasteiger partial charge on any atom is -0.378 e. The summed E-state index contributed by atoms with van der Waals surface area (Å²) in [5.74, 6) is 0.0594. The second kappa shape index (κ2) is 5.73. The molecule has 1 aliphatic rings. The van der Waals surface area contributed by atoms with E-state index in [9.17, 15) is 4.79 Å². The number of thiazole rings is 1. The van der Waals surface area contributed by atoms with Crippen molar-refractivity contribution in [3.05, 3.63) is 40.9 Å². The van der Waals surface area contributed by atoms with Crippen LogP contribution < -0.4 is 0 Å². The zero-order valence-corrected chi connectivity index (χ0v) is 12.2. The van der Waals surface area contributed by atoms with Crippen LogP contribution in [-0.2, 0) is 4.74 Å². The maximum absolute atomic E-state index is 12.3. The van der Waals surface area contributed by atoms with E-state index in [-0.39, 0.29) is 5.91 Å². The first-order valence-electron chi connectivity index (χ1n) is 6.64. The summed E-state index contributed by atoms with van der Waals surface area (Å²) in [6, 6.07) is 8.19. The van der Waals surface area contributed by atoms with Gasteiger partial charge in [-0.15, -0.1) is 11.3 Å². The number of hydrogen-bond acceptors (Lipinski definition) is 4. The number of aromatic nitrogens is 1. The number of benzene rings is 1. The van der Waals surface area contributed by atoms with Crippen LogP contribution in [0.2, 0.25) is 0 Å². The number of aryl methyl sites for hydroxylation is 1. The van der Waals surface area contributed by atoms with E-state index >= 15 is 0 Å². The second-order valence-corrected chi connectivity index (χ2v) is 5.83. The van der Waals surface area contributed by atoms with Crippen molar-refractivity contribution in [3.63, 3.8) is 0 Å². The van der Waals surface area contributed by atoms with Crippen LogP contribution in [0.1, 0.15) is 15.2 Å². The van der Waals surface area contributed by atoms with Gasteiger partial charge < -0.3 is 9.64 Å². The Hall–Kier alpha value is -1.72. The standard InChI is InChI=1S/C15H16N2O2S/c1-11-2-4-12(5-3-11)14-16-10-13(20-14)15(18)17-6-8-19-9-7-17/h2-5,10H,6-9H2,1H3. The summed E-state index contributed by atoms with van der Waals surface area (Å²) in [6.45, 7) is 4.62. The van der Waals surface area contributed by atoms with Gasteiger partial charge >= 0.3 is 0 Å². The van der Waals surface area contributed by atoms with E-state index in [0.717, 1.165) is 10.6 Å². The number of nitrogens with zero attached hydrogens (tertiary/aromatic N) is 2. The molecule has 0 spiro atoms. The van der Waals surface area contributed by atoms with Gasteiger partial charge in [0.1, 0.15) is 9.88 Å². The summed E-state index contributed by atoms with van der Waals surface area (Å²) in [7, 11) is 0. The van der Waals surface area contributed by atoms with Crippen molar-refractivity contribution in [1.29, 1.82) is 0 Å². The third-order valence-electron chi connectivity index (χ3n) is 3.31. The molecule has 0 N–H and O–H groups in total. The normalized spacial score (nSPS) is 15.3. The first-order chi connectivity index (χ1) is 9.74.